The molecule has 1 saturated heterocycles. The lowest BCUT2D eigenvalue weighted by Crippen LogP contribution is -2.09. The molecule has 1 fully saturated rings. The summed E-state index contributed by atoms with van der Waals surface area (Å²) in [4.78, 5) is 8.55. The smallest absolute Gasteiger partial charge is 0.126 e. The van der Waals surface area contributed by atoms with Crippen LogP contribution in [0.3, 0.4) is 0 Å². The van der Waals surface area contributed by atoms with Gasteiger partial charge in [0.25, 0.3) is 0 Å². The predicted molar refractivity (Wildman–Crippen MR) is 65.9 cm³/mol. The standard InChI is InChI=1S/C12H15N3OS/c1-8-11(6-13)12(15-9(2)14-8)17-7-10-4-3-5-16-10/h10H,3-5,7H2,1-2H3/t10-/m0/s1. The van der Waals surface area contributed by atoms with E-state index >= 15 is 0 Å². The summed E-state index contributed by atoms with van der Waals surface area (Å²) in [6.45, 7) is 4.56. The van der Waals surface area contributed by atoms with Gasteiger partial charge in [-0.15, -0.1) is 11.8 Å². The van der Waals surface area contributed by atoms with Crippen molar-refractivity contribution in [2.45, 2.75) is 37.8 Å². The van der Waals surface area contributed by atoms with Gasteiger partial charge >= 0.3 is 0 Å². The van der Waals surface area contributed by atoms with Gasteiger partial charge in [-0.25, -0.2) is 9.97 Å². The second-order valence-corrected chi connectivity index (χ2v) is 5.10. The fourth-order valence-electron chi connectivity index (χ4n) is 1.86. The Morgan fingerprint density at radius 1 is 1.47 bits per heavy atom. The maximum atomic E-state index is 9.11. The summed E-state index contributed by atoms with van der Waals surface area (Å²) in [6.07, 6.45) is 2.55. The van der Waals surface area contributed by atoms with Crippen molar-refractivity contribution in [3.05, 3.63) is 17.1 Å². The van der Waals surface area contributed by atoms with Crippen LogP contribution in [0.25, 0.3) is 0 Å². The third-order valence-corrected chi connectivity index (χ3v) is 3.82. The van der Waals surface area contributed by atoms with Crippen LogP contribution in [0.5, 0.6) is 0 Å². The minimum absolute atomic E-state index is 0.308. The number of rotatable bonds is 3. The highest BCUT2D eigenvalue weighted by molar-refractivity contribution is 7.99. The third-order valence-electron chi connectivity index (χ3n) is 2.71. The van der Waals surface area contributed by atoms with Gasteiger partial charge in [0, 0.05) is 12.4 Å². The molecule has 0 unspecified atom stereocenters. The Hall–Kier alpha value is -1.12. The maximum absolute atomic E-state index is 9.11. The van der Waals surface area contributed by atoms with Gasteiger partial charge in [-0.3, -0.25) is 0 Å². The van der Waals surface area contributed by atoms with E-state index in [-0.39, 0.29) is 0 Å². The molecular weight excluding hydrogens is 234 g/mol. The van der Waals surface area contributed by atoms with Crippen molar-refractivity contribution >= 4 is 11.8 Å². The molecule has 17 heavy (non-hydrogen) atoms. The molecule has 1 aliphatic heterocycles. The minimum Gasteiger partial charge on any atom is -0.377 e. The van der Waals surface area contributed by atoms with Gasteiger partial charge in [0.15, 0.2) is 0 Å². The van der Waals surface area contributed by atoms with E-state index in [4.69, 9.17) is 10.00 Å². The first-order chi connectivity index (χ1) is 8.20. The van der Waals surface area contributed by atoms with Crippen molar-refractivity contribution in [3.63, 3.8) is 0 Å². The molecular formula is C12H15N3OS. The Balaban J connectivity index is 2.11. The van der Waals surface area contributed by atoms with E-state index in [0.717, 1.165) is 41.7 Å². The number of hydrogen-bond donors (Lipinski definition) is 0. The van der Waals surface area contributed by atoms with Gasteiger partial charge in [0.1, 0.15) is 22.5 Å². The summed E-state index contributed by atoms with van der Waals surface area (Å²) in [5, 5.41) is 9.89. The summed E-state index contributed by atoms with van der Waals surface area (Å²) in [5.74, 6) is 1.58. The quantitative estimate of drug-likeness (QED) is 0.607. The Labute approximate surface area is 105 Å². The zero-order valence-corrected chi connectivity index (χ0v) is 10.9. The third kappa shape index (κ3) is 2.96. The Morgan fingerprint density at radius 3 is 2.94 bits per heavy atom. The zero-order chi connectivity index (χ0) is 12.3. The molecule has 1 aliphatic rings. The largest absolute Gasteiger partial charge is 0.377 e. The summed E-state index contributed by atoms with van der Waals surface area (Å²) in [6, 6.07) is 2.18. The number of nitriles is 1. The van der Waals surface area contributed by atoms with E-state index in [1.165, 1.54) is 0 Å². The summed E-state index contributed by atoms with van der Waals surface area (Å²) >= 11 is 1.60. The molecule has 0 amide bonds. The highest BCUT2D eigenvalue weighted by atomic mass is 32.2. The fourth-order valence-corrected chi connectivity index (χ4v) is 3.00. The van der Waals surface area contributed by atoms with Crippen molar-refractivity contribution in [1.29, 1.82) is 5.26 Å². The second-order valence-electron chi connectivity index (χ2n) is 4.09. The number of thioether (sulfide) groups is 1. The van der Waals surface area contributed by atoms with E-state index in [1.54, 1.807) is 11.8 Å². The van der Waals surface area contributed by atoms with Gasteiger partial charge in [-0.1, -0.05) is 0 Å². The van der Waals surface area contributed by atoms with Crippen LogP contribution in [-0.4, -0.2) is 28.4 Å². The number of aryl methyl sites for hydroxylation is 2. The summed E-state index contributed by atoms with van der Waals surface area (Å²) in [7, 11) is 0. The van der Waals surface area contributed by atoms with Crippen LogP contribution in [-0.2, 0) is 4.74 Å². The molecule has 1 aromatic heterocycles. The Kier molecular flexibility index (Phi) is 3.97. The van der Waals surface area contributed by atoms with Crippen LogP contribution in [0.4, 0.5) is 0 Å². The van der Waals surface area contributed by atoms with Gasteiger partial charge in [0.05, 0.1) is 11.8 Å². The first kappa shape index (κ1) is 12.3. The predicted octanol–water partition coefficient (Wildman–Crippen LogP) is 2.24. The van der Waals surface area contributed by atoms with Crippen molar-refractivity contribution in [2.24, 2.45) is 0 Å². The average Bonchev–Trinajstić information content (AvgIpc) is 2.78. The van der Waals surface area contributed by atoms with Crippen molar-refractivity contribution < 1.29 is 4.74 Å². The molecule has 0 aliphatic carbocycles. The lowest BCUT2D eigenvalue weighted by atomic mass is 10.2. The Morgan fingerprint density at radius 2 is 2.29 bits per heavy atom. The molecule has 5 heteroatoms. The molecule has 90 valence electrons. The monoisotopic (exact) mass is 249 g/mol. The minimum atomic E-state index is 0.308. The van der Waals surface area contributed by atoms with Gasteiger partial charge in [-0.05, 0) is 26.7 Å². The molecule has 1 atom stereocenters. The lowest BCUT2D eigenvalue weighted by Gasteiger charge is -2.10. The molecule has 2 heterocycles. The average molecular weight is 249 g/mol. The van der Waals surface area contributed by atoms with Crippen LogP contribution < -0.4 is 0 Å². The summed E-state index contributed by atoms with van der Waals surface area (Å²) in [5.41, 5.74) is 1.36. The molecule has 0 bridgehead atoms. The molecule has 0 aromatic carbocycles. The van der Waals surface area contributed by atoms with Crippen LogP contribution in [0.2, 0.25) is 0 Å². The maximum Gasteiger partial charge on any atom is 0.126 e. The number of aromatic nitrogens is 2. The van der Waals surface area contributed by atoms with E-state index in [2.05, 4.69) is 16.0 Å². The first-order valence-corrected chi connectivity index (χ1v) is 6.69. The fraction of sp³-hybridized carbons (Fsp3) is 0.583. The number of hydrogen-bond acceptors (Lipinski definition) is 5. The van der Waals surface area contributed by atoms with Crippen molar-refractivity contribution in [1.82, 2.24) is 9.97 Å². The van der Waals surface area contributed by atoms with E-state index in [1.807, 2.05) is 13.8 Å². The van der Waals surface area contributed by atoms with E-state index < -0.39 is 0 Å². The highest BCUT2D eigenvalue weighted by Gasteiger charge is 2.18. The number of ether oxygens (including phenoxy) is 1. The topological polar surface area (TPSA) is 58.8 Å². The van der Waals surface area contributed by atoms with Crippen LogP contribution in [0.1, 0.15) is 29.9 Å². The van der Waals surface area contributed by atoms with Gasteiger partial charge in [-0.2, -0.15) is 5.26 Å². The normalized spacial score (nSPS) is 19.2. The molecule has 0 saturated carbocycles. The van der Waals surface area contributed by atoms with Crippen LogP contribution in [0, 0.1) is 25.2 Å². The van der Waals surface area contributed by atoms with Gasteiger partial charge < -0.3 is 4.74 Å². The second kappa shape index (κ2) is 5.48. The van der Waals surface area contributed by atoms with Crippen molar-refractivity contribution in [2.75, 3.05) is 12.4 Å². The Bertz CT molecular complexity index is 450. The molecule has 0 spiro atoms. The molecule has 2 rings (SSSR count). The SMILES string of the molecule is Cc1nc(C)c(C#N)c(SC[C@@H]2CCCO2)n1. The van der Waals surface area contributed by atoms with Crippen molar-refractivity contribution in [3.8, 4) is 6.07 Å². The molecule has 1 aromatic rings. The van der Waals surface area contributed by atoms with Gasteiger partial charge in [0.2, 0.25) is 0 Å². The zero-order valence-electron chi connectivity index (χ0n) is 10.1. The van der Waals surface area contributed by atoms with E-state index in [9.17, 15) is 0 Å². The molecule has 4 nitrogen and oxygen atoms in total. The van der Waals surface area contributed by atoms with E-state index in [0.29, 0.717) is 11.7 Å². The first-order valence-electron chi connectivity index (χ1n) is 5.70. The van der Waals surface area contributed by atoms with Crippen LogP contribution in [0.15, 0.2) is 5.03 Å². The number of nitrogens with zero attached hydrogens (tertiary/aromatic N) is 3. The highest BCUT2D eigenvalue weighted by Crippen LogP contribution is 2.25. The molecule has 0 N–H and O–H groups in total. The van der Waals surface area contributed by atoms with Crippen LogP contribution >= 0.6 is 11.8 Å². The lowest BCUT2D eigenvalue weighted by molar-refractivity contribution is 0.129. The molecule has 0 radical (unpaired) electrons. The summed E-state index contributed by atoms with van der Waals surface area (Å²) < 4.78 is 5.56.